The molecule has 2 heterocycles. The van der Waals surface area contributed by atoms with Gasteiger partial charge in [0.05, 0.1) is 12.0 Å². The minimum Gasteiger partial charge on any atom is -0.468 e. The summed E-state index contributed by atoms with van der Waals surface area (Å²) in [7, 11) is 0. The number of hydrogen-bond acceptors (Lipinski definition) is 4. The maximum Gasteiger partial charge on any atom is 0.237 e. The first-order valence-electron chi connectivity index (χ1n) is 4.64. The van der Waals surface area contributed by atoms with E-state index in [0.717, 1.165) is 11.5 Å². The molecule has 0 saturated carbocycles. The van der Waals surface area contributed by atoms with Crippen LogP contribution in [0.3, 0.4) is 0 Å². The molecule has 2 N–H and O–H groups in total. The van der Waals surface area contributed by atoms with Crippen molar-refractivity contribution in [1.29, 1.82) is 0 Å². The van der Waals surface area contributed by atoms with Gasteiger partial charge >= 0.3 is 0 Å². The van der Waals surface area contributed by atoms with E-state index in [2.05, 4.69) is 4.98 Å². The van der Waals surface area contributed by atoms with E-state index >= 15 is 0 Å². The first-order chi connectivity index (χ1) is 7.25. The van der Waals surface area contributed by atoms with E-state index < -0.39 is 0 Å². The summed E-state index contributed by atoms with van der Waals surface area (Å²) in [6.07, 6.45) is 1.60. The van der Waals surface area contributed by atoms with Gasteiger partial charge < -0.3 is 14.9 Å². The number of nitrogens with zero attached hydrogens (tertiary/aromatic N) is 1. The third kappa shape index (κ3) is 2.28. The molecule has 0 aliphatic heterocycles. The van der Waals surface area contributed by atoms with Crippen LogP contribution in [0.5, 0.6) is 5.88 Å². The Labute approximate surface area is 87.7 Å². The van der Waals surface area contributed by atoms with Crippen LogP contribution in [0.25, 0.3) is 0 Å². The van der Waals surface area contributed by atoms with Gasteiger partial charge in [-0.05, 0) is 31.2 Å². The Kier molecular flexibility index (Phi) is 2.58. The molecule has 0 aromatic carbocycles. The van der Waals surface area contributed by atoms with E-state index in [-0.39, 0.29) is 0 Å². The van der Waals surface area contributed by atoms with Gasteiger partial charge in [0, 0.05) is 5.69 Å². The lowest BCUT2D eigenvalue weighted by atomic mass is 10.3. The number of aromatic nitrogens is 1. The summed E-state index contributed by atoms with van der Waals surface area (Å²) in [6.45, 7) is 2.23. The SMILES string of the molecule is Cc1ccc(N)c(OCc2ccco2)n1. The predicted octanol–water partition coefficient (Wildman–Crippen LogP) is 2.14. The predicted molar refractivity (Wildman–Crippen MR) is 56.4 cm³/mol. The van der Waals surface area contributed by atoms with Crippen LogP contribution >= 0.6 is 0 Å². The van der Waals surface area contributed by atoms with Crippen molar-refractivity contribution < 1.29 is 9.15 Å². The first kappa shape index (κ1) is 9.58. The smallest absolute Gasteiger partial charge is 0.237 e. The standard InChI is InChI=1S/C11H12N2O2/c1-8-4-5-10(12)11(13-8)15-7-9-3-2-6-14-9/h2-6H,7,12H2,1H3. The van der Waals surface area contributed by atoms with Gasteiger partial charge in [0.25, 0.3) is 0 Å². The minimum absolute atomic E-state index is 0.341. The van der Waals surface area contributed by atoms with Crippen LogP contribution in [0.4, 0.5) is 5.69 Å². The van der Waals surface area contributed by atoms with E-state index in [1.165, 1.54) is 0 Å². The largest absolute Gasteiger partial charge is 0.468 e. The monoisotopic (exact) mass is 204 g/mol. The van der Waals surface area contributed by atoms with Gasteiger partial charge in [-0.25, -0.2) is 4.98 Å². The molecule has 4 nitrogen and oxygen atoms in total. The fraction of sp³-hybridized carbons (Fsp3) is 0.182. The van der Waals surface area contributed by atoms with Crippen LogP contribution in [0.1, 0.15) is 11.5 Å². The summed E-state index contributed by atoms with van der Waals surface area (Å²) in [5.74, 6) is 1.20. The van der Waals surface area contributed by atoms with Gasteiger partial charge in [-0.15, -0.1) is 0 Å². The Morgan fingerprint density at radius 2 is 2.27 bits per heavy atom. The van der Waals surface area contributed by atoms with Crippen molar-refractivity contribution in [1.82, 2.24) is 4.98 Å². The van der Waals surface area contributed by atoms with Gasteiger partial charge in [-0.2, -0.15) is 0 Å². The fourth-order valence-electron chi connectivity index (χ4n) is 1.19. The number of pyridine rings is 1. The maximum atomic E-state index is 5.71. The van der Waals surface area contributed by atoms with Crippen LogP contribution in [-0.2, 0) is 6.61 Å². The maximum absolute atomic E-state index is 5.71. The second-order valence-corrected chi connectivity index (χ2v) is 3.22. The number of rotatable bonds is 3. The summed E-state index contributed by atoms with van der Waals surface area (Å²) < 4.78 is 10.6. The second-order valence-electron chi connectivity index (χ2n) is 3.22. The number of furan rings is 1. The van der Waals surface area contributed by atoms with E-state index in [1.54, 1.807) is 12.3 Å². The van der Waals surface area contributed by atoms with Crippen LogP contribution in [0, 0.1) is 6.92 Å². The molecule has 0 spiro atoms. The molecule has 0 amide bonds. The molecule has 4 heteroatoms. The number of hydrogen-bond donors (Lipinski definition) is 1. The van der Waals surface area contributed by atoms with Gasteiger partial charge in [0.1, 0.15) is 12.4 Å². The molecule has 2 aromatic heterocycles. The number of anilines is 1. The lowest BCUT2D eigenvalue weighted by Gasteiger charge is -2.06. The average molecular weight is 204 g/mol. The molecule has 2 aromatic rings. The topological polar surface area (TPSA) is 61.3 Å². The lowest BCUT2D eigenvalue weighted by molar-refractivity contribution is 0.262. The molecule has 78 valence electrons. The zero-order valence-corrected chi connectivity index (χ0v) is 8.43. The molecule has 0 bridgehead atoms. The highest BCUT2D eigenvalue weighted by Crippen LogP contribution is 2.19. The zero-order chi connectivity index (χ0) is 10.7. The highest BCUT2D eigenvalue weighted by Gasteiger charge is 2.03. The van der Waals surface area contributed by atoms with Gasteiger partial charge in [0.15, 0.2) is 0 Å². The average Bonchev–Trinajstić information content (AvgIpc) is 2.72. The van der Waals surface area contributed by atoms with E-state index in [0.29, 0.717) is 18.2 Å². The van der Waals surface area contributed by atoms with Crippen LogP contribution in [0.15, 0.2) is 34.9 Å². The summed E-state index contributed by atoms with van der Waals surface area (Å²) in [5, 5.41) is 0. The van der Waals surface area contributed by atoms with Crippen molar-refractivity contribution in [3.05, 3.63) is 42.0 Å². The molecule has 15 heavy (non-hydrogen) atoms. The summed E-state index contributed by atoms with van der Waals surface area (Å²) in [6, 6.07) is 7.27. The molecule has 0 fully saturated rings. The zero-order valence-electron chi connectivity index (χ0n) is 8.43. The fourth-order valence-corrected chi connectivity index (χ4v) is 1.19. The van der Waals surface area contributed by atoms with Crippen LogP contribution < -0.4 is 10.5 Å². The Hall–Kier alpha value is -1.97. The Balaban J connectivity index is 2.07. The van der Waals surface area contributed by atoms with E-state index in [9.17, 15) is 0 Å². The Morgan fingerprint density at radius 3 is 3.00 bits per heavy atom. The number of ether oxygens (including phenoxy) is 1. The number of nitrogens with two attached hydrogens (primary N) is 1. The Morgan fingerprint density at radius 1 is 1.40 bits per heavy atom. The van der Waals surface area contributed by atoms with Crippen LogP contribution in [-0.4, -0.2) is 4.98 Å². The van der Waals surface area contributed by atoms with Crippen molar-refractivity contribution in [2.45, 2.75) is 13.5 Å². The van der Waals surface area contributed by atoms with Crippen molar-refractivity contribution in [3.63, 3.8) is 0 Å². The molecule has 0 aliphatic rings. The van der Waals surface area contributed by atoms with Crippen molar-refractivity contribution >= 4 is 5.69 Å². The molecule has 2 rings (SSSR count). The van der Waals surface area contributed by atoms with Gasteiger partial charge in [-0.3, -0.25) is 0 Å². The van der Waals surface area contributed by atoms with Gasteiger partial charge in [-0.1, -0.05) is 0 Å². The van der Waals surface area contributed by atoms with Crippen molar-refractivity contribution in [2.75, 3.05) is 5.73 Å². The van der Waals surface area contributed by atoms with E-state index in [4.69, 9.17) is 14.9 Å². The molecule has 0 radical (unpaired) electrons. The van der Waals surface area contributed by atoms with E-state index in [1.807, 2.05) is 25.1 Å². The first-order valence-corrected chi connectivity index (χ1v) is 4.64. The number of aryl methyl sites for hydroxylation is 1. The molecule has 0 aliphatic carbocycles. The highest BCUT2D eigenvalue weighted by molar-refractivity contribution is 5.48. The van der Waals surface area contributed by atoms with Gasteiger partial charge in [0.2, 0.25) is 5.88 Å². The Bertz CT molecular complexity index is 438. The second kappa shape index (κ2) is 4.04. The lowest BCUT2D eigenvalue weighted by Crippen LogP contribution is -2.00. The summed E-state index contributed by atoms with van der Waals surface area (Å²) in [4.78, 5) is 4.18. The number of nitrogen functional groups attached to an aromatic ring is 1. The summed E-state index contributed by atoms with van der Waals surface area (Å²) >= 11 is 0. The highest BCUT2D eigenvalue weighted by atomic mass is 16.5. The third-order valence-corrected chi connectivity index (χ3v) is 1.96. The normalized spacial score (nSPS) is 10.2. The third-order valence-electron chi connectivity index (χ3n) is 1.96. The minimum atomic E-state index is 0.341. The van der Waals surface area contributed by atoms with Crippen molar-refractivity contribution in [2.24, 2.45) is 0 Å². The molecule has 0 unspecified atom stereocenters. The summed E-state index contributed by atoms with van der Waals surface area (Å²) in [5.41, 5.74) is 7.12. The molecule has 0 saturated heterocycles. The van der Waals surface area contributed by atoms with Crippen LogP contribution in [0.2, 0.25) is 0 Å². The quantitative estimate of drug-likeness (QED) is 0.832. The molecule has 0 atom stereocenters. The van der Waals surface area contributed by atoms with Crippen molar-refractivity contribution in [3.8, 4) is 5.88 Å². The molecular formula is C11H12N2O2. The molecular weight excluding hydrogens is 192 g/mol.